The normalized spacial score (nSPS) is 21.0. The summed E-state index contributed by atoms with van der Waals surface area (Å²) in [5, 5.41) is 2.33. The summed E-state index contributed by atoms with van der Waals surface area (Å²) in [6.45, 7) is 21.1. The van der Waals surface area contributed by atoms with Crippen molar-refractivity contribution < 1.29 is 27.9 Å². The van der Waals surface area contributed by atoms with Crippen LogP contribution in [-0.2, 0) is 29.7 Å². The van der Waals surface area contributed by atoms with Crippen LogP contribution in [0.2, 0.25) is 23.2 Å². The molecule has 3 aromatic carbocycles. The summed E-state index contributed by atoms with van der Waals surface area (Å²) in [6, 6.07) is 31.2. The summed E-state index contributed by atoms with van der Waals surface area (Å²) in [5.41, 5.74) is 0.107. The standard InChI is InChI=1S/C38H54O6Si2/c1-36(2,3)45(8,9)41-28-26-38(7)34(40-29-30-19-13-10-14-20-30)33(43-35(39)44-38)25-27-42-46(37(4,5)6,31-21-15-11-16-22-31)32-23-17-12-18-24-32/h10-24,33-34H,25-29H2,1-9H3/t33-,34-,38+/m0/s1. The maximum Gasteiger partial charge on any atom is 0.509 e. The molecule has 0 aromatic heterocycles. The van der Waals surface area contributed by atoms with Crippen molar-refractivity contribution in [2.75, 3.05) is 13.2 Å². The maximum absolute atomic E-state index is 13.0. The van der Waals surface area contributed by atoms with Gasteiger partial charge in [0.2, 0.25) is 0 Å². The Morgan fingerprint density at radius 1 is 0.739 bits per heavy atom. The molecular weight excluding hydrogens is 609 g/mol. The number of benzene rings is 3. The molecule has 1 aliphatic heterocycles. The van der Waals surface area contributed by atoms with Gasteiger partial charge in [-0.3, -0.25) is 0 Å². The highest BCUT2D eigenvalue weighted by Gasteiger charge is 2.52. The first-order valence-corrected chi connectivity index (χ1v) is 21.3. The molecule has 250 valence electrons. The predicted octanol–water partition coefficient (Wildman–Crippen LogP) is 8.24. The number of hydrogen-bond donors (Lipinski definition) is 0. The molecule has 0 unspecified atom stereocenters. The molecule has 46 heavy (non-hydrogen) atoms. The minimum absolute atomic E-state index is 0.0737. The van der Waals surface area contributed by atoms with Crippen LogP contribution in [0, 0.1) is 0 Å². The molecule has 1 saturated heterocycles. The topological polar surface area (TPSA) is 63.2 Å². The van der Waals surface area contributed by atoms with Gasteiger partial charge in [-0.2, -0.15) is 0 Å². The smallest absolute Gasteiger partial charge is 0.428 e. The van der Waals surface area contributed by atoms with Crippen molar-refractivity contribution in [1.29, 1.82) is 0 Å². The summed E-state index contributed by atoms with van der Waals surface area (Å²) < 4.78 is 32.2. The van der Waals surface area contributed by atoms with E-state index in [0.717, 1.165) is 5.56 Å². The Hall–Kier alpha value is -2.76. The summed E-state index contributed by atoms with van der Waals surface area (Å²) in [4.78, 5) is 13.0. The number of carbonyl (C=O) groups excluding carboxylic acids is 1. The second-order valence-corrected chi connectivity index (χ2v) is 24.3. The third-order valence-corrected chi connectivity index (χ3v) is 19.4. The van der Waals surface area contributed by atoms with Gasteiger partial charge in [-0.25, -0.2) is 4.79 Å². The van der Waals surface area contributed by atoms with Crippen molar-refractivity contribution in [3.8, 4) is 0 Å². The Balaban J connectivity index is 1.61. The quantitative estimate of drug-likeness (QED) is 0.136. The van der Waals surface area contributed by atoms with Gasteiger partial charge in [0.25, 0.3) is 8.32 Å². The zero-order valence-electron chi connectivity index (χ0n) is 29.3. The third-order valence-electron chi connectivity index (χ3n) is 9.78. The van der Waals surface area contributed by atoms with Crippen molar-refractivity contribution >= 4 is 33.2 Å². The first-order valence-electron chi connectivity index (χ1n) is 16.5. The first-order chi connectivity index (χ1) is 21.6. The molecule has 3 aromatic rings. The lowest BCUT2D eigenvalue weighted by Crippen LogP contribution is -2.67. The minimum Gasteiger partial charge on any atom is -0.428 e. The molecule has 0 spiro atoms. The van der Waals surface area contributed by atoms with Crippen LogP contribution in [0.4, 0.5) is 4.79 Å². The second kappa shape index (κ2) is 14.6. The Bertz CT molecular complexity index is 1350. The van der Waals surface area contributed by atoms with Crippen molar-refractivity contribution in [1.82, 2.24) is 0 Å². The van der Waals surface area contributed by atoms with Crippen molar-refractivity contribution in [2.45, 2.75) is 109 Å². The maximum atomic E-state index is 13.0. The number of carbonyl (C=O) groups is 1. The molecule has 3 atom stereocenters. The molecule has 1 heterocycles. The van der Waals surface area contributed by atoms with E-state index in [4.69, 9.17) is 23.1 Å². The average Bonchev–Trinajstić information content (AvgIpc) is 2.99. The largest absolute Gasteiger partial charge is 0.509 e. The third kappa shape index (κ3) is 8.20. The highest BCUT2D eigenvalue weighted by molar-refractivity contribution is 6.99. The predicted molar refractivity (Wildman–Crippen MR) is 191 cm³/mol. The van der Waals surface area contributed by atoms with Crippen LogP contribution in [0.3, 0.4) is 0 Å². The van der Waals surface area contributed by atoms with E-state index < -0.39 is 40.6 Å². The van der Waals surface area contributed by atoms with Gasteiger partial charge in [-0.05, 0) is 46.0 Å². The highest BCUT2D eigenvalue weighted by Crippen LogP contribution is 2.40. The molecule has 0 radical (unpaired) electrons. The second-order valence-electron chi connectivity index (χ2n) is 15.2. The van der Waals surface area contributed by atoms with Gasteiger partial charge in [0, 0.05) is 26.1 Å². The van der Waals surface area contributed by atoms with Gasteiger partial charge in [0.05, 0.1) is 6.61 Å². The number of ether oxygens (including phenoxy) is 3. The Labute approximate surface area is 279 Å². The lowest BCUT2D eigenvalue weighted by Gasteiger charge is -2.46. The van der Waals surface area contributed by atoms with E-state index >= 15 is 0 Å². The first kappa shape index (κ1) is 36.1. The van der Waals surface area contributed by atoms with E-state index in [1.807, 2.05) is 49.4 Å². The Morgan fingerprint density at radius 3 is 1.76 bits per heavy atom. The van der Waals surface area contributed by atoms with Crippen LogP contribution in [-0.4, -0.2) is 53.8 Å². The molecule has 4 rings (SSSR count). The number of cyclic esters (lactones) is 2. The Kier molecular flexibility index (Phi) is 11.4. The van der Waals surface area contributed by atoms with Crippen LogP contribution in [0.5, 0.6) is 0 Å². The van der Waals surface area contributed by atoms with Gasteiger partial charge in [0.1, 0.15) is 17.8 Å². The fourth-order valence-electron chi connectivity index (χ4n) is 6.11. The van der Waals surface area contributed by atoms with Crippen LogP contribution >= 0.6 is 0 Å². The molecular formula is C38H54O6Si2. The van der Waals surface area contributed by atoms with Gasteiger partial charge in [0.15, 0.2) is 8.32 Å². The summed E-state index contributed by atoms with van der Waals surface area (Å²) in [7, 11) is -4.77. The molecule has 1 fully saturated rings. The van der Waals surface area contributed by atoms with Crippen LogP contribution < -0.4 is 10.4 Å². The number of hydrogen-bond acceptors (Lipinski definition) is 6. The van der Waals surface area contributed by atoms with Gasteiger partial charge < -0.3 is 23.1 Å². The van der Waals surface area contributed by atoms with Gasteiger partial charge in [-0.1, -0.05) is 133 Å². The van der Waals surface area contributed by atoms with E-state index in [2.05, 4.69) is 103 Å². The van der Waals surface area contributed by atoms with E-state index in [1.165, 1.54) is 10.4 Å². The van der Waals surface area contributed by atoms with Crippen LogP contribution in [0.1, 0.15) is 66.9 Å². The Morgan fingerprint density at radius 2 is 1.26 bits per heavy atom. The zero-order valence-corrected chi connectivity index (χ0v) is 31.3. The summed E-state index contributed by atoms with van der Waals surface area (Å²) in [6.07, 6.45) is -0.778. The lowest BCUT2D eigenvalue weighted by molar-refractivity contribution is -0.212. The number of rotatable bonds is 13. The summed E-state index contributed by atoms with van der Waals surface area (Å²) >= 11 is 0. The average molecular weight is 663 g/mol. The molecule has 0 bridgehead atoms. The van der Waals surface area contributed by atoms with E-state index in [-0.39, 0.29) is 10.1 Å². The zero-order chi connectivity index (χ0) is 33.6. The van der Waals surface area contributed by atoms with Crippen LogP contribution in [0.15, 0.2) is 91.0 Å². The summed E-state index contributed by atoms with van der Waals surface area (Å²) in [5.74, 6) is 0. The van der Waals surface area contributed by atoms with Gasteiger partial charge in [-0.15, -0.1) is 0 Å². The molecule has 0 N–H and O–H groups in total. The SMILES string of the molecule is CC(C)(C)[Si](C)(C)OCC[C@@]1(C)OC(=O)O[C@@H](CCO[Si](c2ccccc2)(c2ccccc2)C(C)(C)C)[C@@H]1OCc1ccccc1. The minimum atomic E-state index is -2.77. The van der Waals surface area contributed by atoms with E-state index in [0.29, 0.717) is 32.7 Å². The van der Waals surface area contributed by atoms with Crippen molar-refractivity contribution in [3.05, 3.63) is 96.6 Å². The molecule has 6 nitrogen and oxygen atoms in total. The van der Waals surface area contributed by atoms with Crippen molar-refractivity contribution in [2.24, 2.45) is 0 Å². The van der Waals surface area contributed by atoms with Crippen LogP contribution in [0.25, 0.3) is 0 Å². The molecule has 0 amide bonds. The van der Waals surface area contributed by atoms with E-state index in [1.54, 1.807) is 0 Å². The van der Waals surface area contributed by atoms with E-state index in [9.17, 15) is 4.79 Å². The fraction of sp³-hybridized carbons (Fsp3) is 0.500. The molecule has 8 heteroatoms. The highest BCUT2D eigenvalue weighted by atomic mass is 28.4. The molecule has 0 aliphatic carbocycles. The monoisotopic (exact) mass is 662 g/mol. The molecule has 1 aliphatic rings. The fourth-order valence-corrected chi connectivity index (χ4v) is 11.7. The van der Waals surface area contributed by atoms with Crippen molar-refractivity contribution in [3.63, 3.8) is 0 Å². The lowest BCUT2D eigenvalue weighted by atomic mass is 9.88. The molecule has 0 saturated carbocycles. The van der Waals surface area contributed by atoms with Gasteiger partial charge >= 0.3 is 6.16 Å².